The number of carbonyl (C=O) groups is 1. The van der Waals surface area contributed by atoms with Crippen LogP contribution < -0.4 is 15.3 Å². The molecule has 2 aliphatic rings. The van der Waals surface area contributed by atoms with Gasteiger partial charge in [0.25, 0.3) is 0 Å². The van der Waals surface area contributed by atoms with Gasteiger partial charge in [-0.25, -0.2) is 4.79 Å². The number of amides is 1. The first kappa shape index (κ1) is 24.8. The fraction of sp³-hybridized carbons (Fsp3) is 0.385. The maximum Gasteiger partial charge on any atom is 0.416 e. The number of alkyl halides is 3. The molecule has 0 radical (unpaired) electrons. The van der Waals surface area contributed by atoms with E-state index in [1.54, 1.807) is 11.0 Å². The fourth-order valence-electron chi connectivity index (χ4n) is 5.10. The van der Waals surface area contributed by atoms with Crippen LogP contribution in [-0.4, -0.2) is 51.1 Å². The summed E-state index contributed by atoms with van der Waals surface area (Å²) in [4.78, 5) is 32.5. The number of rotatable bonds is 4. The van der Waals surface area contributed by atoms with Crippen LogP contribution in [0.15, 0.2) is 53.3 Å². The Hall–Kier alpha value is -3.89. The van der Waals surface area contributed by atoms with Gasteiger partial charge in [-0.2, -0.15) is 13.2 Å². The first-order valence-corrected chi connectivity index (χ1v) is 12.1. The molecule has 1 amide bonds. The van der Waals surface area contributed by atoms with Gasteiger partial charge in [0.2, 0.25) is 11.8 Å². The van der Waals surface area contributed by atoms with Crippen molar-refractivity contribution in [1.82, 2.24) is 14.9 Å². The molecule has 8 nitrogen and oxygen atoms in total. The molecule has 1 saturated heterocycles. The molecule has 0 saturated carbocycles. The minimum absolute atomic E-state index is 0.119. The number of nitrogens with one attached hydrogen (secondary N) is 2. The van der Waals surface area contributed by atoms with Gasteiger partial charge in [-0.15, -0.1) is 0 Å². The van der Waals surface area contributed by atoms with Crippen LogP contribution in [0.1, 0.15) is 36.1 Å². The Morgan fingerprint density at radius 2 is 1.76 bits per heavy atom. The number of H-pyrrole nitrogens is 2. The molecule has 11 heteroatoms. The van der Waals surface area contributed by atoms with Gasteiger partial charge in [0.15, 0.2) is 0 Å². The number of ether oxygens (including phenoxy) is 1. The van der Waals surface area contributed by atoms with Crippen LogP contribution in [0.4, 0.5) is 18.9 Å². The average Bonchev–Trinajstić information content (AvgIpc) is 3.10. The smallest absolute Gasteiger partial charge is 0.416 e. The Morgan fingerprint density at radius 1 is 1.03 bits per heavy atom. The SMILES string of the molecule is O=C(Cc1[nH]c(=O)[nH]c1O)N1CCC2(CC1)CCN(Cc1cccc(C(F)(F)F)c1)c1ccccc1O2. The highest BCUT2D eigenvalue weighted by molar-refractivity contribution is 5.79. The van der Waals surface area contributed by atoms with Gasteiger partial charge in [0.05, 0.1) is 23.4 Å². The van der Waals surface area contributed by atoms with E-state index in [0.29, 0.717) is 56.8 Å². The zero-order chi connectivity index (χ0) is 26.2. The van der Waals surface area contributed by atoms with Crippen molar-refractivity contribution in [2.75, 3.05) is 24.5 Å². The van der Waals surface area contributed by atoms with Gasteiger partial charge in [-0.3, -0.25) is 9.78 Å². The Balaban J connectivity index is 1.29. The Morgan fingerprint density at radius 3 is 2.46 bits per heavy atom. The topological polar surface area (TPSA) is 102 Å². The number of nitrogens with zero attached hydrogens (tertiary/aromatic N) is 2. The summed E-state index contributed by atoms with van der Waals surface area (Å²) < 4.78 is 46.2. The number of imidazole rings is 1. The largest absolute Gasteiger partial charge is 0.493 e. The summed E-state index contributed by atoms with van der Waals surface area (Å²) >= 11 is 0. The summed E-state index contributed by atoms with van der Waals surface area (Å²) in [5.41, 5.74) is -0.220. The fourth-order valence-corrected chi connectivity index (χ4v) is 5.10. The van der Waals surface area contributed by atoms with Crippen LogP contribution in [-0.2, 0) is 23.9 Å². The van der Waals surface area contributed by atoms with Crippen molar-refractivity contribution in [3.05, 3.63) is 75.8 Å². The van der Waals surface area contributed by atoms with E-state index in [9.17, 15) is 27.9 Å². The molecule has 0 aliphatic carbocycles. The zero-order valence-corrected chi connectivity index (χ0v) is 20.0. The molecule has 2 aliphatic heterocycles. The summed E-state index contributed by atoms with van der Waals surface area (Å²) in [5.74, 6) is 0.124. The van der Waals surface area contributed by atoms with Crippen molar-refractivity contribution in [3.63, 3.8) is 0 Å². The van der Waals surface area contributed by atoms with E-state index in [2.05, 4.69) is 9.97 Å². The van der Waals surface area contributed by atoms with Crippen molar-refractivity contribution in [3.8, 4) is 11.6 Å². The first-order valence-electron chi connectivity index (χ1n) is 12.1. The average molecular weight is 517 g/mol. The number of hydrogen-bond donors (Lipinski definition) is 3. The number of likely N-dealkylation sites (tertiary alicyclic amines) is 1. The van der Waals surface area contributed by atoms with Crippen molar-refractivity contribution >= 4 is 11.6 Å². The molecule has 3 N–H and O–H groups in total. The highest BCUT2D eigenvalue weighted by atomic mass is 19.4. The molecule has 0 atom stereocenters. The maximum atomic E-state index is 13.2. The normalized spacial score (nSPS) is 17.3. The second-order valence-electron chi connectivity index (χ2n) is 9.59. The molecular formula is C26H27F3N4O4. The summed E-state index contributed by atoms with van der Waals surface area (Å²) in [6.45, 7) is 1.79. The molecule has 1 spiro atoms. The summed E-state index contributed by atoms with van der Waals surface area (Å²) in [5, 5.41) is 9.75. The lowest BCUT2D eigenvalue weighted by molar-refractivity contribution is -0.137. The molecular weight excluding hydrogens is 489 g/mol. The number of aromatic nitrogens is 2. The third-order valence-electron chi connectivity index (χ3n) is 7.14. The quantitative estimate of drug-likeness (QED) is 0.490. The number of carbonyl (C=O) groups excluding carboxylic acids is 1. The lowest BCUT2D eigenvalue weighted by Gasteiger charge is -2.41. The van der Waals surface area contributed by atoms with E-state index < -0.39 is 23.0 Å². The van der Waals surface area contributed by atoms with Crippen molar-refractivity contribution in [2.24, 2.45) is 0 Å². The predicted octanol–water partition coefficient (Wildman–Crippen LogP) is 3.82. The number of aromatic hydroxyl groups is 1. The molecule has 1 fully saturated rings. The Bertz CT molecular complexity index is 1340. The number of piperidine rings is 1. The number of benzene rings is 2. The molecule has 0 bridgehead atoms. The summed E-state index contributed by atoms with van der Waals surface area (Å²) in [6, 6.07) is 12.9. The summed E-state index contributed by atoms with van der Waals surface area (Å²) in [7, 11) is 0. The number of halogens is 3. The van der Waals surface area contributed by atoms with Crippen molar-refractivity contribution in [1.29, 1.82) is 0 Å². The van der Waals surface area contributed by atoms with Crippen molar-refractivity contribution < 1.29 is 27.8 Å². The third-order valence-corrected chi connectivity index (χ3v) is 7.14. The van der Waals surface area contributed by atoms with E-state index in [0.717, 1.165) is 11.8 Å². The number of fused-ring (bicyclic) bond motifs is 1. The summed E-state index contributed by atoms with van der Waals surface area (Å²) in [6.07, 6.45) is -2.71. The second-order valence-corrected chi connectivity index (χ2v) is 9.59. The first-order chi connectivity index (χ1) is 17.6. The minimum atomic E-state index is -4.40. The van der Waals surface area contributed by atoms with Gasteiger partial charge in [0, 0.05) is 45.4 Å². The van der Waals surface area contributed by atoms with Crippen molar-refractivity contribution in [2.45, 2.75) is 44.0 Å². The predicted molar refractivity (Wildman–Crippen MR) is 130 cm³/mol. The van der Waals surface area contributed by atoms with Crippen LogP contribution in [0.3, 0.4) is 0 Å². The molecule has 196 valence electrons. The molecule has 5 rings (SSSR count). The van der Waals surface area contributed by atoms with E-state index in [1.165, 1.54) is 12.1 Å². The molecule has 37 heavy (non-hydrogen) atoms. The maximum absolute atomic E-state index is 13.2. The van der Waals surface area contributed by atoms with Gasteiger partial charge in [-0.05, 0) is 29.8 Å². The highest BCUT2D eigenvalue weighted by Crippen LogP contribution is 2.41. The van der Waals surface area contributed by atoms with Gasteiger partial charge < -0.3 is 24.6 Å². The Labute approximate surface area is 210 Å². The molecule has 2 aromatic carbocycles. The number of para-hydroxylation sites is 2. The standard InChI is InChI=1S/C26H27F3N4O4/c27-26(28,29)18-5-3-4-17(14-18)16-33-13-10-25(37-21-7-2-1-6-20(21)33)8-11-32(12-9-25)22(34)15-19-23(35)31-24(36)30-19/h1-7,14,35H,8-13,15-16H2,(H2,30,31,36). The van der Waals surface area contributed by atoms with Gasteiger partial charge in [0.1, 0.15) is 11.4 Å². The third kappa shape index (κ3) is 5.30. The molecule has 3 heterocycles. The van der Waals surface area contributed by atoms with Gasteiger partial charge >= 0.3 is 11.9 Å². The van der Waals surface area contributed by atoms with Crippen LogP contribution in [0, 0.1) is 0 Å². The molecule has 1 aromatic heterocycles. The highest BCUT2D eigenvalue weighted by Gasteiger charge is 2.41. The second kappa shape index (κ2) is 9.53. The number of anilines is 1. The van der Waals surface area contributed by atoms with E-state index in [1.807, 2.05) is 29.2 Å². The van der Waals surface area contributed by atoms with E-state index in [4.69, 9.17) is 4.74 Å². The number of hydrogen-bond acceptors (Lipinski definition) is 5. The minimum Gasteiger partial charge on any atom is -0.493 e. The molecule has 0 unspecified atom stereocenters. The lowest BCUT2D eigenvalue weighted by Crippen LogP contribution is -2.50. The van der Waals surface area contributed by atoms with Crippen LogP contribution in [0.25, 0.3) is 0 Å². The molecule has 3 aromatic rings. The number of aromatic amines is 2. The van der Waals surface area contributed by atoms with Crippen LogP contribution in [0.5, 0.6) is 11.6 Å². The van der Waals surface area contributed by atoms with Gasteiger partial charge in [-0.1, -0.05) is 24.3 Å². The van der Waals surface area contributed by atoms with Crippen LogP contribution in [0.2, 0.25) is 0 Å². The van der Waals surface area contributed by atoms with Crippen LogP contribution >= 0.6 is 0 Å². The Kier molecular flexibility index (Phi) is 6.38. The lowest BCUT2D eigenvalue weighted by atomic mass is 9.87. The zero-order valence-electron chi connectivity index (χ0n) is 20.0. The van der Waals surface area contributed by atoms with E-state index >= 15 is 0 Å². The van der Waals surface area contributed by atoms with E-state index in [-0.39, 0.29) is 23.9 Å². The monoisotopic (exact) mass is 516 g/mol.